The molecule has 0 bridgehead atoms. The number of benzene rings is 2. The van der Waals surface area contributed by atoms with Crippen LogP contribution in [0.15, 0.2) is 73.8 Å². The summed E-state index contributed by atoms with van der Waals surface area (Å²) in [6, 6.07) is 14.6. The maximum Gasteiger partial charge on any atom is 0.335 e. The first-order chi connectivity index (χ1) is 11.5. The lowest BCUT2D eigenvalue weighted by molar-refractivity contribution is -0.129. The molecular formula is C20H18O4. The molecule has 4 heteroatoms. The average molecular weight is 322 g/mol. The Bertz CT molecular complexity index is 677. The van der Waals surface area contributed by atoms with Crippen molar-refractivity contribution in [2.24, 2.45) is 0 Å². The predicted octanol–water partition coefficient (Wildman–Crippen LogP) is 4.02. The number of hydrogen-bond acceptors (Lipinski definition) is 4. The summed E-state index contributed by atoms with van der Waals surface area (Å²) in [6.07, 6.45) is 2.24. The van der Waals surface area contributed by atoms with Crippen LogP contribution in [0.3, 0.4) is 0 Å². The van der Waals surface area contributed by atoms with Gasteiger partial charge in [0.1, 0.15) is 11.5 Å². The smallest absolute Gasteiger partial charge is 0.335 e. The first kappa shape index (κ1) is 17.2. The van der Waals surface area contributed by atoms with Gasteiger partial charge in [0, 0.05) is 18.1 Å². The zero-order valence-corrected chi connectivity index (χ0v) is 13.4. The summed E-state index contributed by atoms with van der Waals surface area (Å²) in [4.78, 5) is 22.3. The standard InChI is InChI=1S/C20H18O4/c1-4-19(21)23-17-10-6-15(7-11-17)14(3)16-8-12-18(13-9-16)24-20(22)5-2/h4-14H,1-2H2,3H3. The third-order valence-electron chi connectivity index (χ3n) is 3.53. The van der Waals surface area contributed by atoms with Crippen LogP contribution in [0.1, 0.15) is 24.0 Å². The summed E-state index contributed by atoms with van der Waals surface area (Å²) in [5.41, 5.74) is 2.15. The second-order valence-electron chi connectivity index (χ2n) is 5.11. The van der Waals surface area contributed by atoms with Gasteiger partial charge >= 0.3 is 11.9 Å². The van der Waals surface area contributed by atoms with E-state index in [0.717, 1.165) is 23.3 Å². The van der Waals surface area contributed by atoms with Crippen LogP contribution in [0.4, 0.5) is 0 Å². The minimum absolute atomic E-state index is 0.137. The second-order valence-corrected chi connectivity index (χ2v) is 5.11. The fourth-order valence-corrected chi connectivity index (χ4v) is 2.16. The van der Waals surface area contributed by atoms with Crippen molar-refractivity contribution in [3.05, 3.63) is 85.0 Å². The van der Waals surface area contributed by atoms with Gasteiger partial charge in [0.2, 0.25) is 0 Å². The number of hydrogen-bond donors (Lipinski definition) is 0. The quantitative estimate of drug-likeness (QED) is 0.458. The Hall–Kier alpha value is -3.14. The molecule has 0 fully saturated rings. The Morgan fingerprint density at radius 3 is 1.42 bits per heavy atom. The van der Waals surface area contributed by atoms with Gasteiger partial charge in [-0.25, -0.2) is 9.59 Å². The fraction of sp³-hybridized carbons (Fsp3) is 0.100. The normalized spacial score (nSPS) is 10.1. The van der Waals surface area contributed by atoms with Gasteiger partial charge in [-0.2, -0.15) is 0 Å². The molecule has 4 nitrogen and oxygen atoms in total. The highest BCUT2D eigenvalue weighted by Crippen LogP contribution is 2.27. The fourth-order valence-electron chi connectivity index (χ4n) is 2.16. The molecule has 0 atom stereocenters. The molecule has 122 valence electrons. The van der Waals surface area contributed by atoms with Gasteiger partial charge in [-0.3, -0.25) is 0 Å². The van der Waals surface area contributed by atoms with Crippen LogP contribution >= 0.6 is 0 Å². The zero-order valence-electron chi connectivity index (χ0n) is 13.4. The maximum atomic E-state index is 11.2. The number of ether oxygens (including phenoxy) is 2. The molecule has 0 aromatic heterocycles. The summed E-state index contributed by atoms with van der Waals surface area (Å²) in [5.74, 6) is 0.115. The van der Waals surface area contributed by atoms with E-state index >= 15 is 0 Å². The molecule has 2 aromatic carbocycles. The van der Waals surface area contributed by atoms with Crippen molar-refractivity contribution in [2.75, 3.05) is 0 Å². The highest BCUT2D eigenvalue weighted by molar-refractivity contribution is 5.83. The van der Waals surface area contributed by atoms with Crippen LogP contribution in [-0.2, 0) is 9.59 Å². The SMILES string of the molecule is C=CC(=O)Oc1ccc(C(C)c2ccc(OC(=O)C=C)cc2)cc1. The molecule has 2 aromatic rings. The molecule has 0 amide bonds. The Labute approximate surface area is 141 Å². The van der Waals surface area contributed by atoms with Crippen molar-refractivity contribution < 1.29 is 19.1 Å². The van der Waals surface area contributed by atoms with Gasteiger partial charge < -0.3 is 9.47 Å². The van der Waals surface area contributed by atoms with Crippen LogP contribution in [0, 0.1) is 0 Å². The van der Waals surface area contributed by atoms with Crippen molar-refractivity contribution >= 4 is 11.9 Å². The molecule has 0 aliphatic carbocycles. The average Bonchev–Trinajstić information content (AvgIpc) is 2.62. The monoisotopic (exact) mass is 322 g/mol. The highest BCUT2D eigenvalue weighted by Gasteiger charge is 2.10. The molecule has 24 heavy (non-hydrogen) atoms. The molecule has 0 N–H and O–H groups in total. The van der Waals surface area contributed by atoms with E-state index in [1.165, 1.54) is 0 Å². The maximum absolute atomic E-state index is 11.2. The van der Waals surface area contributed by atoms with Gasteiger partial charge in [0.15, 0.2) is 0 Å². The largest absolute Gasteiger partial charge is 0.423 e. The molecule has 0 saturated carbocycles. The van der Waals surface area contributed by atoms with Crippen molar-refractivity contribution in [3.8, 4) is 11.5 Å². The van der Waals surface area contributed by atoms with E-state index in [1.807, 2.05) is 24.3 Å². The molecule has 2 rings (SSSR count). The van der Waals surface area contributed by atoms with Crippen LogP contribution in [0.25, 0.3) is 0 Å². The Kier molecular flexibility index (Phi) is 5.68. The molecule has 0 radical (unpaired) electrons. The Morgan fingerprint density at radius 2 is 1.12 bits per heavy atom. The van der Waals surface area contributed by atoms with Gasteiger partial charge in [0.05, 0.1) is 0 Å². The highest BCUT2D eigenvalue weighted by atomic mass is 16.5. The number of esters is 2. The minimum Gasteiger partial charge on any atom is -0.423 e. The van der Waals surface area contributed by atoms with E-state index in [9.17, 15) is 9.59 Å². The summed E-state index contributed by atoms with van der Waals surface area (Å²) < 4.78 is 10.1. The van der Waals surface area contributed by atoms with Crippen LogP contribution in [0.2, 0.25) is 0 Å². The Morgan fingerprint density at radius 1 is 0.792 bits per heavy atom. The lowest BCUT2D eigenvalue weighted by Gasteiger charge is -2.13. The van der Waals surface area contributed by atoms with Gasteiger partial charge in [-0.05, 0) is 35.4 Å². The molecule has 0 aliphatic heterocycles. The molecule has 0 saturated heterocycles. The molecule has 0 heterocycles. The Balaban J connectivity index is 2.09. The summed E-state index contributed by atoms with van der Waals surface area (Å²) in [6.45, 7) is 8.79. The molecule has 0 unspecified atom stereocenters. The zero-order chi connectivity index (χ0) is 17.5. The van der Waals surface area contributed by atoms with Gasteiger partial charge in [-0.15, -0.1) is 0 Å². The third-order valence-corrected chi connectivity index (χ3v) is 3.53. The van der Waals surface area contributed by atoms with Crippen molar-refractivity contribution in [3.63, 3.8) is 0 Å². The van der Waals surface area contributed by atoms with Crippen molar-refractivity contribution in [1.29, 1.82) is 0 Å². The second kappa shape index (κ2) is 7.92. The van der Waals surface area contributed by atoms with Crippen molar-refractivity contribution in [1.82, 2.24) is 0 Å². The van der Waals surface area contributed by atoms with Crippen LogP contribution in [-0.4, -0.2) is 11.9 Å². The predicted molar refractivity (Wildman–Crippen MR) is 92.1 cm³/mol. The van der Waals surface area contributed by atoms with Gasteiger partial charge in [-0.1, -0.05) is 44.3 Å². The molecular weight excluding hydrogens is 304 g/mol. The topological polar surface area (TPSA) is 52.6 Å². The van der Waals surface area contributed by atoms with Crippen LogP contribution < -0.4 is 9.47 Å². The van der Waals surface area contributed by atoms with E-state index in [2.05, 4.69) is 20.1 Å². The minimum atomic E-state index is -0.486. The summed E-state index contributed by atoms with van der Waals surface area (Å²) in [5, 5.41) is 0. The summed E-state index contributed by atoms with van der Waals surface area (Å²) in [7, 11) is 0. The van der Waals surface area contributed by atoms with E-state index in [4.69, 9.17) is 9.47 Å². The third kappa shape index (κ3) is 4.43. The lowest BCUT2D eigenvalue weighted by atomic mass is 9.93. The lowest BCUT2D eigenvalue weighted by Crippen LogP contribution is -2.04. The number of carbonyl (C=O) groups is 2. The van der Waals surface area contributed by atoms with Crippen LogP contribution in [0.5, 0.6) is 11.5 Å². The first-order valence-electron chi connectivity index (χ1n) is 7.42. The van der Waals surface area contributed by atoms with E-state index in [1.54, 1.807) is 24.3 Å². The molecule has 0 spiro atoms. The molecule has 0 aliphatic rings. The number of rotatable bonds is 6. The van der Waals surface area contributed by atoms with Crippen molar-refractivity contribution in [2.45, 2.75) is 12.8 Å². The first-order valence-corrected chi connectivity index (χ1v) is 7.42. The van der Waals surface area contributed by atoms with E-state index in [0.29, 0.717) is 11.5 Å². The summed E-state index contributed by atoms with van der Waals surface area (Å²) >= 11 is 0. The van der Waals surface area contributed by atoms with E-state index < -0.39 is 11.9 Å². The van der Waals surface area contributed by atoms with Gasteiger partial charge in [0.25, 0.3) is 0 Å². The number of carbonyl (C=O) groups excluding carboxylic acids is 2. The van der Waals surface area contributed by atoms with E-state index in [-0.39, 0.29) is 5.92 Å².